The molecule has 2 heterocycles. The number of fused-ring (bicyclic) bond motifs is 1. The Morgan fingerprint density at radius 2 is 1.86 bits per heavy atom. The van der Waals surface area contributed by atoms with Crippen LogP contribution >= 0.6 is 0 Å². The zero-order valence-corrected chi connectivity index (χ0v) is 16.7. The molecule has 148 valence electrons. The second kappa shape index (κ2) is 7.28. The molecule has 1 fully saturated rings. The van der Waals surface area contributed by atoms with Gasteiger partial charge in [0.15, 0.2) is 0 Å². The number of nitrogens with one attached hydrogen (secondary N) is 1. The van der Waals surface area contributed by atoms with Crippen molar-refractivity contribution in [1.82, 2.24) is 5.32 Å². The van der Waals surface area contributed by atoms with E-state index >= 15 is 0 Å². The van der Waals surface area contributed by atoms with Crippen LogP contribution in [0.1, 0.15) is 25.8 Å². The van der Waals surface area contributed by atoms with Crippen LogP contribution in [-0.4, -0.2) is 30.0 Å². The van der Waals surface area contributed by atoms with E-state index in [0.717, 1.165) is 22.5 Å². The number of hydrogen-bond donors (Lipinski definition) is 1. The van der Waals surface area contributed by atoms with Crippen LogP contribution in [0.3, 0.4) is 0 Å². The first kappa shape index (κ1) is 19.1. The number of carbonyl (C=O) groups excluding carboxylic acids is 3. The first-order valence-electron chi connectivity index (χ1n) is 9.71. The third-order valence-corrected chi connectivity index (χ3v) is 5.81. The van der Waals surface area contributed by atoms with Gasteiger partial charge in [-0.3, -0.25) is 14.4 Å². The Hall–Kier alpha value is -3.28. The van der Waals surface area contributed by atoms with Crippen LogP contribution in [0.25, 0.3) is 0 Å². The highest BCUT2D eigenvalue weighted by Gasteiger charge is 2.35. The van der Waals surface area contributed by atoms with Crippen molar-refractivity contribution in [3.05, 3.63) is 64.9 Å². The molecule has 0 bridgehead atoms. The molecule has 6 nitrogen and oxygen atoms in total. The lowest BCUT2D eigenvalue weighted by Crippen LogP contribution is -2.35. The van der Waals surface area contributed by atoms with Gasteiger partial charge in [-0.2, -0.15) is 0 Å². The van der Waals surface area contributed by atoms with E-state index < -0.39 is 5.92 Å². The topological polar surface area (TPSA) is 78.8 Å². The van der Waals surface area contributed by atoms with Crippen molar-refractivity contribution in [2.75, 3.05) is 11.4 Å². The van der Waals surface area contributed by atoms with Crippen LogP contribution in [0.4, 0.5) is 5.69 Å². The van der Waals surface area contributed by atoms with E-state index in [1.807, 2.05) is 44.2 Å². The van der Waals surface area contributed by atoms with Crippen molar-refractivity contribution >= 4 is 29.1 Å². The van der Waals surface area contributed by atoms with Gasteiger partial charge in [0.25, 0.3) is 11.8 Å². The predicted molar refractivity (Wildman–Crippen MR) is 111 cm³/mol. The molecular formula is C23H23N3O3. The molecule has 3 amide bonds. The van der Waals surface area contributed by atoms with Gasteiger partial charge in [-0.25, -0.2) is 4.99 Å². The minimum absolute atomic E-state index is 0.00633. The van der Waals surface area contributed by atoms with E-state index in [0.29, 0.717) is 17.8 Å². The molecule has 6 heteroatoms. The average molecular weight is 389 g/mol. The maximum Gasteiger partial charge on any atom is 0.251 e. The van der Waals surface area contributed by atoms with Crippen molar-refractivity contribution in [3.63, 3.8) is 0 Å². The number of amides is 3. The van der Waals surface area contributed by atoms with Crippen LogP contribution in [0.5, 0.6) is 0 Å². The maximum atomic E-state index is 12.7. The van der Waals surface area contributed by atoms with Gasteiger partial charge in [0.05, 0.1) is 11.6 Å². The summed E-state index contributed by atoms with van der Waals surface area (Å²) in [5, 5.41) is 2.87. The largest absolute Gasteiger partial charge is 0.325 e. The van der Waals surface area contributed by atoms with Gasteiger partial charge in [-0.05, 0) is 45.1 Å². The number of allylic oxidation sites excluding steroid dienone is 3. The minimum atomic E-state index is -0.467. The van der Waals surface area contributed by atoms with Gasteiger partial charge in [0, 0.05) is 35.8 Å². The second-order valence-electron chi connectivity index (χ2n) is 7.81. The SMILES string of the molecule is CC1=C(C)C2C=CC(=NC(=O)C3CC(=O)N(c4ccc(C)cc4)C3)C=C2NC1=O. The van der Waals surface area contributed by atoms with E-state index in [-0.39, 0.29) is 30.1 Å². The van der Waals surface area contributed by atoms with E-state index in [4.69, 9.17) is 0 Å². The van der Waals surface area contributed by atoms with Crippen molar-refractivity contribution in [1.29, 1.82) is 0 Å². The summed E-state index contributed by atoms with van der Waals surface area (Å²) in [7, 11) is 0. The number of hydrogen-bond acceptors (Lipinski definition) is 3. The molecule has 1 aromatic rings. The molecule has 1 aliphatic carbocycles. The molecule has 2 aliphatic heterocycles. The van der Waals surface area contributed by atoms with Gasteiger partial charge in [0.2, 0.25) is 5.91 Å². The smallest absolute Gasteiger partial charge is 0.251 e. The summed E-state index contributed by atoms with van der Waals surface area (Å²) in [5.74, 6) is -0.965. The monoisotopic (exact) mass is 389 g/mol. The molecule has 1 N–H and O–H groups in total. The molecule has 1 aromatic carbocycles. The summed E-state index contributed by atoms with van der Waals surface area (Å²) < 4.78 is 0. The van der Waals surface area contributed by atoms with Gasteiger partial charge in [0.1, 0.15) is 0 Å². The Kier molecular flexibility index (Phi) is 4.78. The molecule has 4 rings (SSSR count). The summed E-state index contributed by atoms with van der Waals surface area (Å²) in [6.45, 7) is 6.06. The molecular weight excluding hydrogens is 366 g/mol. The molecule has 0 radical (unpaired) electrons. The van der Waals surface area contributed by atoms with Gasteiger partial charge in [-0.1, -0.05) is 29.3 Å². The van der Waals surface area contributed by atoms with E-state index in [1.165, 1.54) is 0 Å². The Morgan fingerprint density at radius 1 is 1.14 bits per heavy atom. The number of anilines is 1. The molecule has 3 aliphatic rings. The normalized spacial score (nSPS) is 25.3. The maximum absolute atomic E-state index is 12.7. The molecule has 1 saturated heterocycles. The van der Waals surface area contributed by atoms with Crippen LogP contribution in [-0.2, 0) is 14.4 Å². The Balaban J connectivity index is 1.50. The fourth-order valence-electron chi connectivity index (χ4n) is 3.86. The summed E-state index contributed by atoms with van der Waals surface area (Å²) in [5.41, 5.74) is 4.86. The van der Waals surface area contributed by atoms with Crippen molar-refractivity contribution < 1.29 is 14.4 Å². The Morgan fingerprint density at radius 3 is 2.59 bits per heavy atom. The van der Waals surface area contributed by atoms with E-state index in [2.05, 4.69) is 10.3 Å². The van der Waals surface area contributed by atoms with E-state index in [1.54, 1.807) is 24.0 Å². The van der Waals surface area contributed by atoms with Gasteiger partial charge < -0.3 is 10.2 Å². The fourth-order valence-corrected chi connectivity index (χ4v) is 3.86. The summed E-state index contributed by atoms with van der Waals surface area (Å²) in [6.07, 6.45) is 5.64. The number of aliphatic imine (C=N–C) groups is 1. The minimum Gasteiger partial charge on any atom is -0.325 e. The van der Waals surface area contributed by atoms with Crippen LogP contribution in [0.15, 0.2) is 64.3 Å². The molecule has 2 unspecified atom stereocenters. The standard InChI is InChI=1S/C23H23N3O3/c1-13-4-7-18(8-5-13)26-12-16(10-21(26)27)23(29)24-17-6-9-19-14(2)15(3)22(28)25-20(19)11-17/h4-9,11,16,19H,10,12H2,1-3H3,(H,25,28). The third kappa shape index (κ3) is 3.58. The highest BCUT2D eigenvalue weighted by molar-refractivity contribution is 6.12. The summed E-state index contributed by atoms with van der Waals surface area (Å²) >= 11 is 0. The fraction of sp³-hybridized carbons (Fsp3) is 0.304. The number of benzene rings is 1. The van der Waals surface area contributed by atoms with Crippen LogP contribution in [0, 0.1) is 18.8 Å². The number of aryl methyl sites for hydroxylation is 1. The van der Waals surface area contributed by atoms with E-state index in [9.17, 15) is 14.4 Å². The Bertz CT molecular complexity index is 1030. The average Bonchev–Trinajstić information content (AvgIpc) is 3.08. The van der Waals surface area contributed by atoms with Gasteiger partial charge >= 0.3 is 0 Å². The lowest BCUT2D eigenvalue weighted by molar-refractivity contribution is -0.123. The Labute approximate surface area is 169 Å². The zero-order valence-electron chi connectivity index (χ0n) is 16.7. The summed E-state index contributed by atoms with van der Waals surface area (Å²) in [4.78, 5) is 43.0. The molecule has 29 heavy (non-hydrogen) atoms. The third-order valence-electron chi connectivity index (χ3n) is 5.81. The molecule has 0 saturated carbocycles. The highest BCUT2D eigenvalue weighted by atomic mass is 16.2. The van der Waals surface area contributed by atoms with Crippen molar-refractivity contribution in [2.45, 2.75) is 27.2 Å². The van der Waals surface area contributed by atoms with Crippen LogP contribution < -0.4 is 10.2 Å². The highest BCUT2D eigenvalue weighted by Crippen LogP contribution is 2.30. The molecule has 0 aromatic heterocycles. The number of rotatable bonds is 2. The number of carbonyl (C=O) groups is 3. The van der Waals surface area contributed by atoms with Crippen molar-refractivity contribution in [2.24, 2.45) is 16.8 Å². The summed E-state index contributed by atoms with van der Waals surface area (Å²) in [6, 6.07) is 7.68. The molecule has 0 spiro atoms. The lowest BCUT2D eigenvalue weighted by Gasteiger charge is -2.28. The molecule has 2 atom stereocenters. The first-order valence-corrected chi connectivity index (χ1v) is 9.71. The van der Waals surface area contributed by atoms with Crippen molar-refractivity contribution in [3.8, 4) is 0 Å². The second-order valence-corrected chi connectivity index (χ2v) is 7.81. The zero-order chi connectivity index (χ0) is 20.7. The lowest BCUT2D eigenvalue weighted by atomic mass is 9.85. The number of nitrogens with zero attached hydrogens (tertiary/aromatic N) is 2. The van der Waals surface area contributed by atoms with Gasteiger partial charge in [-0.15, -0.1) is 0 Å². The quantitative estimate of drug-likeness (QED) is 0.845. The van der Waals surface area contributed by atoms with Crippen LogP contribution in [0.2, 0.25) is 0 Å². The first-order chi connectivity index (χ1) is 13.8. The predicted octanol–water partition coefficient (Wildman–Crippen LogP) is 2.85.